The van der Waals surface area contributed by atoms with Gasteiger partial charge in [-0.05, 0) is 43.7 Å². The van der Waals surface area contributed by atoms with E-state index in [0.717, 1.165) is 17.8 Å². The number of aliphatic hydroxyl groups excluding tert-OH is 1. The zero-order valence-electron chi connectivity index (χ0n) is 10.9. The summed E-state index contributed by atoms with van der Waals surface area (Å²) in [7, 11) is 0. The lowest BCUT2D eigenvalue weighted by Gasteiger charge is -2.23. The zero-order chi connectivity index (χ0) is 13.0. The van der Waals surface area contributed by atoms with E-state index in [-0.39, 0.29) is 0 Å². The fourth-order valence-corrected chi connectivity index (χ4v) is 2.05. The van der Waals surface area contributed by atoms with Crippen molar-refractivity contribution < 1.29 is 5.11 Å². The fraction of sp³-hybridized carbons (Fsp3) is 0.250. The highest BCUT2D eigenvalue weighted by Crippen LogP contribution is 2.26. The number of benzene rings is 2. The predicted molar refractivity (Wildman–Crippen MR) is 76.2 cm³/mol. The zero-order valence-corrected chi connectivity index (χ0v) is 10.9. The Bertz CT molecular complexity index is 476. The highest BCUT2D eigenvalue weighted by Gasteiger charge is 2.07. The molecule has 2 heteroatoms. The Morgan fingerprint density at radius 2 is 1.50 bits per heavy atom. The molecule has 1 atom stereocenters. The smallest absolute Gasteiger partial charge is 0.0761 e. The molecule has 1 unspecified atom stereocenters. The van der Waals surface area contributed by atoms with E-state index in [1.807, 2.05) is 30.3 Å². The molecule has 94 valence electrons. The number of nitrogens with zero attached hydrogens (tertiary/aromatic N) is 1. The molecule has 18 heavy (non-hydrogen) atoms. The monoisotopic (exact) mass is 241 g/mol. The number of anilines is 2. The Balaban J connectivity index is 2.28. The highest BCUT2D eigenvalue weighted by molar-refractivity contribution is 5.63. The number of hydrogen-bond donors (Lipinski definition) is 1. The van der Waals surface area contributed by atoms with Crippen LogP contribution < -0.4 is 4.90 Å². The topological polar surface area (TPSA) is 23.5 Å². The molecule has 0 amide bonds. The van der Waals surface area contributed by atoms with Gasteiger partial charge in [0.2, 0.25) is 0 Å². The van der Waals surface area contributed by atoms with E-state index >= 15 is 0 Å². The van der Waals surface area contributed by atoms with Gasteiger partial charge in [0.25, 0.3) is 0 Å². The number of rotatable bonds is 4. The van der Waals surface area contributed by atoms with Gasteiger partial charge in [0.15, 0.2) is 0 Å². The van der Waals surface area contributed by atoms with Crippen LogP contribution in [0.4, 0.5) is 11.4 Å². The van der Waals surface area contributed by atoms with Crippen molar-refractivity contribution in [2.45, 2.75) is 20.0 Å². The van der Waals surface area contributed by atoms with Crippen LogP contribution in [0.25, 0.3) is 0 Å². The van der Waals surface area contributed by atoms with Crippen molar-refractivity contribution in [3.05, 3.63) is 60.2 Å². The molecule has 0 bridgehead atoms. The minimum Gasteiger partial charge on any atom is -0.389 e. The van der Waals surface area contributed by atoms with Crippen molar-refractivity contribution in [3.63, 3.8) is 0 Å². The van der Waals surface area contributed by atoms with E-state index in [9.17, 15) is 5.11 Å². The van der Waals surface area contributed by atoms with Crippen molar-refractivity contribution in [2.75, 3.05) is 11.4 Å². The van der Waals surface area contributed by atoms with Gasteiger partial charge in [-0.15, -0.1) is 0 Å². The molecule has 2 aromatic carbocycles. The van der Waals surface area contributed by atoms with Crippen LogP contribution in [-0.4, -0.2) is 11.7 Å². The molecule has 2 rings (SSSR count). The second-order valence-corrected chi connectivity index (χ2v) is 4.35. The first-order valence-corrected chi connectivity index (χ1v) is 6.33. The maximum absolute atomic E-state index is 9.51. The Morgan fingerprint density at radius 1 is 0.944 bits per heavy atom. The fourth-order valence-electron chi connectivity index (χ4n) is 2.05. The maximum Gasteiger partial charge on any atom is 0.0761 e. The normalized spacial score (nSPS) is 12.2. The van der Waals surface area contributed by atoms with Gasteiger partial charge in [0.05, 0.1) is 6.10 Å². The molecule has 2 aromatic rings. The molecule has 0 aliphatic carbocycles. The summed E-state index contributed by atoms with van der Waals surface area (Å²) in [4.78, 5) is 2.24. The van der Waals surface area contributed by atoms with Crippen molar-refractivity contribution >= 4 is 11.4 Å². The SMILES string of the molecule is CCN(c1ccccc1)c1ccc(C(C)O)cc1. The van der Waals surface area contributed by atoms with Crippen molar-refractivity contribution in [1.29, 1.82) is 0 Å². The largest absolute Gasteiger partial charge is 0.389 e. The van der Waals surface area contributed by atoms with E-state index in [2.05, 4.69) is 36.1 Å². The minimum atomic E-state index is -0.411. The van der Waals surface area contributed by atoms with E-state index in [0.29, 0.717) is 0 Å². The standard InChI is InChI=1S/C16H19NO/c1-3-17(15-7-5-4-6-8-15)16-11-9-14(10-12-16)13(2)18/h4-13,18H,3H2,1-2H3. The van der Waals surface area contributed by atoms with E-state index < -0.39 is 6.10 Å². The maximum atomic E-state index is 9.51. The van der Waals surface area contributed by atoms with E-state index in [4.69, 9.17) is 0 Å². The third kappa shape index (κ3) is 2.71. The second kappa shape index (κ2) is 5.69. The number of para-hydroxylation sites is 1. The summed E-state index contributed by atoms with van der Waals surface area (Å²) in [6, 6.07) is 18.4. The second-order valence-electron chi connectivity index (χ2n) is 4.35. The van der Waals surface area contributed by atoms with Crippen LogP contribution in [0.15, 0.2) is 54.6 Å². The van der Waals surface area contributed by atoms with Gasteiger partial charge in [-0.25, -0.2) is 0 Å². The van der Waals surface area contributed by atoms with Crippen LogP contribution in [0.5, 0.6) is 0 Å². The van der Waals surface area contributed by atoms with Crippen LogP contribution in [0.2, 0.25) is 0 Å². The molecule has 0 heterocycles. The summed E-state index contributed by atoms with van der Waals surface area (Å²) >= 11 is 0. The average molecular weight is 241 g/mol. The molecule has 0 fully saturated rings. The van der Waals surface area contributed by atoms with Gasteiger partial charge in [0, 0.05) is 17.9 Å². The quantitative estimate of drug-likeness (QED) is 0.877. The Kier molecular flexibility index (Phi) is 4.00. The van der Waals surface area contributed by atoms with Gasteiger partial charge in [-0.3, -0.25) is 0 Å². The molecular formula is C16H19NO. The molecular weight excluding hydrogens is 222 g/mol. The van der Waals surface area contributed by atoms with Crippen LogP contribution in [-0.2, 0) is 0 Å². The minimum absolute atomic E-state index is 0.411. The van der Waals surface area contributed by atoms with Crippen LogP contribution in [0, 0.1) is 0 Å². The summed E-state index contributed by atoms with van der Waals surface area (Å²) in [5.74, 6) is 0. The van der Waals surface area contributed by atoms with Crippen LogP contribution in [0.3, 0.4) is 0 Å². The predicted octanol–water partition coefficient (Wildman–Crippen LogP) is 3.90. The highest BCUT2D eigenvalue weighted by atomic mass is 16.3. The molecule has 0 spiro atoms. The third-order valence-corrected chi connectivity index (χ3v) is 3.07. The Morgan fingerprint density at radius 3 is 2.00 bits per heavy atom. The van der Waals surface area contributed by atoms with Gasteiger partial charge >= 0.3 is 0 Å². The van der Waals surface area contributed by atoms with Gasteiger partial charge in [-0.1, -0.05) is 30.3 Å². The first-order valence-electron chi connectivity index (χ1n) is 6.33. The lowest BCUT2D eigenvalue weighted by atomic mass is 10.1. The molecule has 2 nitrogen and oxygen atoms in total. The van der Waals surface area contributed by atoms with Gasteiger partial charge in [-0.2, -0.15) is 0 Å². The lowest BCUT2D eigenvalue weighted by Crippen LogP contribution is -2.15. The van der Waals surface area contributed by atoms with Gasteiger partial charge in [0.1, 0.15) is 0 Å². The summed E-state index contributed by atoms with van der Waals surface area (Å²) in [6.07, 6.45) is -0.411. The average Bonchev–Trinajstić information content (AvgIpc) is 2.41. The number of aliphatic hydroxyl groups is 1. The first kappa shape index (κ1) is 12.7. The van der Waals surface area contributed by atoms with E-state index in [1.54, 1.807) is 6.92 Å². The summed E-state index contributed by atoms with van der Waals surface area (Å²) in [6.45, 7) is 4.83. The Hall–Kier alpha value is -1.80. The molecule has 0 aliphatic rings. The first-order chi connectivity index (χ1) is 8.72. The molecule has 0 aromatic heterocycles. The molecule has 0 saturated heterocycles. The van der Waals surface area contributed by atoms with E-state index in [1.165, 1.54) is 5.69 Å². The Labute approximate surface area is 109 Å². The summed E-state index contributed by atoms with van der Waals surface area (Å²) in [5, 5.41) is 9.51. The van der Waals surface area contributed by atoms with Crippen molar-refractivity contribution in [3.8, 4) is 0 Å². The molecule has 0 radical (unpaired) electrons. The number of hydrogen-bond acceptors (Lipinski definition) is 2. The molecule has 0 aliphatic heterocycles. The molecule has 0 saturated carbocycles. The van der Waals surface area contributed by atoms with Crippen LogP contribution >= 0.6 is 0 Å². The summed E-state index contributed by atoms with van der Waals surface area (Å²) in [5.41, 5.74) is 3.28. The van der Waals surface area contributed by atoms with Crippen molar-refractivity contribution in [1.82, 2.24) is 0 Å². The lowest BCUT2D eigenvalue weighted by molar-refractivity contribution is 0.199. The van der Waals surface area contributed by atoms with Crippen LogP contribution in [0.1, 0.15) is 25.5 Å². The van der Waals surface area contributed by atoms with Crippen molar-refractivity contribution in [2.24, 2.45) is 0 Å². The third-order valence-electron chi connectivity index (χ3n) is 3.07. The summed E-state index contributed by atoms with van der Waals surface area (Å²) < 4.78 is 0. The van der Waals surface area contributed by atoms with Gasteiger partial charge < -0.3 is 10.0 Å². The molecule has 1 N–H and O–H groups in total.